The fourth-order valence-corrected chi connectivity index (χ4v) is 2.44. The molecule has 0 saturated carbocycles. The van der Waals surface area contributed by atoms with E-state index in [4.69, 9.17) is 11.5 Å². The van der Waals surface area contributed by atoms with E-state index in [9.17, 15) is 4.79 Å². The molecule has 0 bridgehead atoms. The maximum Gasteiger partial charge on any atom is 0.257 e. The number of aromatic amines is 1. The molecule has 0 radical (unpaired) electrons. The Hall–Kier alpha value is -3.61. The summed E-state index contributed by atoms with van der Waals surface area (Å²) in [5.41, 5.74) is 14.3. The van der Waals surface area contributed by atoms with Crippen molar-refractivity contribution in [3.05, 3.63) is 65.9 Å². The average molecular weight is 364 g/mol. The smallest absolute Gasteiger partial charge is 0.257 e. The second-order valence-corrected chi connectivity index (χ2v) is 5.49. The molecule has 0 saturated heterocycles. The highest BCUT2D eigenvalue weighted by Gasteiger charge is 2.11. The molecule has 0 aliphatic rings. The third kappa shape index (κ3) is 4.94. The number of hydrogen-bond acceptors (Lipinski definition) is 3. The highest BCUT2D eigenvalue weighted by Crippen LogP contribution is 2.19. The van der Waals surface area contributed by atoms with Gasteiger partial charge in [0.2, 0.25) is 5.96 Å². The molecule has 3 aromatic rings. The first-order valence-corrected chi connectivity index (χ1v) is 8.65. The van der Waals surface area contributed by atoms with Crippen LogP contribution in [0.3, 0.4) is 0 Å². The molecular formula is C20H24N6O. The van der Waals surface area contributed by atoms with Gasteiger partial charge >= 0.3 is 0 Å². The number of nitrogens with one attached hydrogen (secondary N) is 2. The zero-order valence-electron chi connectivity index (χ0n) is 15.7. The molecule has 1 amide bonds. The number of anilines is 1. The number of fused-ring (bicyclic) bond motifs is 1. The number of carbonyl (C=O) groups is 1. The molecule has 27 heavy (non-hydrogen) atoms. The van der Waals surface area contributed by atoms with Gasteiger partial charge in [0.15, 0.2) is 0 Å². The number of nitrogens with two attached hydrogens (primary N) is 2. The molecule has 3 rings (SSSR count). The Labute approximate surface area is 158 Å². The maximum atomic E-state index is 12.5. The lowest BCUT2D eigenvalue weighted by Crippen LogP contribution is -2.22. The van der Waals surface area contributed by atoms with Gasteiger partial charge in [-0.15, -0.1) is 5.10 Å². The largest absolute Gasteiger partial charge is 0.369 e. The van der Waals surface area contributed by atoms with Gasteiger partial charge in [0, 0.05) is 22.8 Å². The van der Waals surface area contributed by atoms with Crippen LogP contribution in [0.15, 0.2) is 64.9 Å². The topological polar surface area (TPSA) is 122 Å². The van der Waals surface area contributed by atoms with Crippen molar-refractivity contribution in [3.8, 4) is 0 Å². The molecule has 1 heterocycles. The van der Waals surface area contributed by atoms with E-state index in [2.05, 4.69) is 20.5 Å². The number of rotatable bonds is 4. The number of nitrogens with zero attached hydrogens (tertiary/aromatic N) is 2. The van der Waals surface area contributed by atoms with Gasteiger partial charge in [0.1, 0.15) is 0 Å². The van der Waals surface area contributed by atoms with Gasteiger partial charge in [0.25, 0.3) is 5.91 Å². The van der Waals surface area contributed by atoms with Crippen LogP contribution in [0.25, 0.3) is 10.9 Å². The zero-order chi connectivity index (χ0) is 19.8. The van der Waals surface area contributed by atoms with E-state index < -0.39 is 0 Å². The third-order valence-electron chi connectivity index (χ3n) is 3.71. The summed E-state index contributed by atoms with van der Waals surface area (Å²) in [4.78, 5) is 15.6. The predicted octanol–water partition coefficient (Wildman–Crippen LogP) is 3.44. The summed E-state index contributed by atoms with van der Waals surface area (Å²) in [6, 6.07) is 14.9. The maximum absolute atomic E-state index is 12.5. The first kappa shape index (κ1) is 19.7. The molecule has 0 unspecified atom stereocenters. The molecule has 7 heteroatoms. The van der Waals surface area contributed by atoms with Crippen molar-refractivity contribution in [2.75, 3.05) is 5.32 Å². The van der Waals surface area contributed by atoms with E-state index >= 15 is 0 Å². The molecular weight excluding hydrogens is 340 g/mol. The van der Waals surface area contributed by atoms with Crippen LogP contribution < -0.4 is 16.8 Å². The summed E-state index contributed by atoms with van der Waals surface area (Å²) < 4.78 is 0. The van der Waals surface area contributed by atoms with Crippen LogP contribution >= 0.6 is 0 Å². The van der Waals surface area contributed by atoms with Crippen LogP contribution in [0.1, 0.15) is 36.7 Å². The van der Waals surface area contributed by atoms with Crippen LogP contribution in [0, 0.1) is 0 Å². The molecule has 1 aromatic heterocycles. The SMILES string of the molecule is C/C(=N\N=C(N)N)c1ccc(NC(=O)c2c[nH]c3ccccc23)cc1.CC. The zero-order valence-corrected chi connectivity index (χ0v) is 15.7. The fourth-order valence-electron chi connectivity index (χ4n) is 2.44. The van der Waals surface area contributed by atoms with Crippen LogP contribution in [0.2, 0.25) is 0 Å². The summed E-state index contributed by atoms with van der Waals surface area (Å²) in [7, 11) is 0. The normalized spacial score (nSPS) is 10.7. The van der Waals surface area contributed by atoms with Crippen LogP contribution in [0.5, 0.6) is 0 Å². The minimum atomic E-state index is -0.170. The minimum absolute atomic E-state index is 0.0954. The Bertz CT molecular complexity index is 966. The Morgan fingerprint density at radius 3 is 2.33 bits per heavy atom. The average Bonchev–Trinajstić information content (AvgIpc) is 3.12. The van der Waals surface area contributed by atoms with Crippen LogP contribution in [-0.4, -0.2) is 22.6 Å². The van der Waals surface area contributed by atoms with Gasteiger partial charge in [-0.2, -0.15) is 5.10 Å². The number of guanidine groups is 1. The van der Waals surface area contributed by atoms with Crippen molar-refractivity contribution < 1.29 is 4.79 Å². The molecule has 0 aliphatic heterocycles. The van der Waals surface area contributed by atoms with Gasteiger partial charge in [-0.05, 0) is 30.7 Å². The van der Waals surface area contributed by atoms with E-state index in [1.807, 2.05) is 50.2 Å². The van der Waals surface area contributed by atoms with Crippen LogP contribution in [0.4, 0.5) is 5.69 Å². The van der Waals surface area contributed by atoms with Crippen molar-refractivity contribution in [1.82, 2.24) is 4.98 Å². The monoisotopic (exact) mass is 364 g/mol. The van der Waals surface area contributed by atoms with Crippen molar-refractivity contribution >= 4 is 34.2 Å². The lowest BCUT2D eigenvalue weighted by Gasteiger charge is -2.06. The number of amides is 1. The fraction of sp³-hybridized carbons (Fsp3) is 0.150. The standard InChI is InChI=1S/C18H18N6O.C2H6/c1-11(23-24-18(19)20)12-6-8-13(9-7-12)22-17(25)15-10-21-16-5-3-2-4-14(15)16;1-2/h2-10,21H,1H3,(H,22,25)(H4,19,20,24);1-2H3/b23-11+;. The van der Waals surface area contributed by atoms with E-state index in [1.54, 1.807) is 25.3 Å². The second-order valence-electron chi connectivity index (χ2n) is 5.49. The number of para-hydroxylation sites is 1. The quantitative estimate of drug-likeness (QED) is 0.322. The van der Waals surface area contributed by atoms with Gasteiger partial charge in [-0.25, -0.2) is 0 Å². The molecule has 140 valence electrons. The van der Waals surface area contributed by atoms with Crippen molar-refractivity contribution in [2.24, 2.45) is 21.7 Å². The Balaban J connectivity index is 0.00000126. The number of benzene rings is 2. The highest BCUT2D eigenvalue weighted by atomic mass is 16.1. The Morgan fingerprint density at radius 2 is 1.67 bits per heavy atom. The van der Waals surface area contributed by atoms with Gasteiger partial charge in [-0.3, -0.25) is 4.79 Å². The van der Waals surface area contributed by atoms with Crippen LogP contribution in [-0.2, 0) is 0 Å². The Morgan fingerprint density at radius 1 is 1.00 bits per heavy atom. The lowest BCUT2D eigenvalue weighted by atomic mass is 10.1. The van der Waals surface area contributed by atoms with Gasteiger partial charge in [-0.1, -0.05) is 44.2 Å². The van der Waals surface area contributed by atoms with E-state index in [1.165, 1.54) is 0 Å². The minimum Gasteiger partial charge on any atom is -0.369 e. The summed E-state index contributed by atoms with van der Waals surface area (Å²) in [5.74, 6) is -0.266. The molecule has 0 aliphatic carbocycles. The van der Waals surface area contributed by atoms with Crippen molar-refractivity contribution in [2.45, 2.75) is 20.8 Å². The third-order valence-corrected chi connectivity index (χ3v) is 3.71. The summed E-state index contributed by atoms with van der Waals surface area (Å²) >= 11 is 0. The number of carbonyl (C=O) groups excluding carboxylic acids is 1. The molecule has 0 spiro atoms. The lowest BCUT2D eigenvalue weighted by molar-refractivity contribution is 0.102. The van der Waals surface area contributed by atoms with Crippen molar-refractivity contribution in [1.29, 1.82) is 0 Å². The van der Waals surface area contributed by atoms with E-state index in [0.29, 0.717) is 17.0 Å². The molecule has 0 fully saturated rings. The van der Waals surface area contributed by atoms with Crippen molar-refractivity contribution in [3.63, 3.8) is 0 Å². The molecule has 6 N–H and O–H groups in total. The van der Waals surface area contributed by atoms with E-state index in [0.717, 1.165) is 16.5 Å². The highest BCUT2D eigenvalue weighted by molar-refractivity contribution is 6.12. The summed E-state index contributed by atoms with van der Waals surface area (Å²) in [5, 5.41) is 11.3. The summed E-state index contributed by atoms with van der Waals surface area (Å²) in [6.45, 7) is 5.80. The second kappa shape index (κ2) is 9.19. The Kier molecular flexibility index (Phi) is 6.71. The van der Waals surface area contributed by atoms with Gasteiger partial charge in [0.05, 0.1) is 11.3 Å². The molecule has 0 atom stereocenters. The molecule has 2 aromatic carbocycles. The summed E-state index contributed by atoms with van der Waals surface area (Å²) in [6.07, 6.45) is 1.71. The first-order valence-electron chi connectivity index (χ1n) is 8.65. The molecule has 7 nitrogen and oxygen atoms in total. The van der Waals surface area contributed by atoms with Gasteiger partial charge < -0.3 is 21.8 Å². The first-order chi connectivity index (χ1) is 13.0. The predicted molar refractivity (Wildman–Crippen MR) is 112 cm³/mol. The number of H-pyrrole nitrogens is 1. The van der Waals surface area contributed by atoms with E-state index in [-0.39, 0.29) is 11.9 Å². The number of hydrogen-bond donors (Lipinski definition) is 4. The number of aromatic nitrogens is 1.